The number of urea groups is 1. The quantitative estimate of drug-likeness (QED) is 0.692. The summed E-state index contributed by atoms with van der Waals surface area (Å²) in [7, 11) is 0. The van der Waals surface area contributed by atoms with Crippen LogP contribution in [0.3, 0.4) is 0 Å². The number of imide groups is 1. The highest BCUT2D eigenvalue weighted by Gasteiger charge is 2.55. The SMILES string of the molecule is C[C@H]1CN(C(=O)CC[C@@]2(C3CC3)NC(=O)NC2=O)CCN1c1cc(Cl)cc(Cl)c1. The summed E-state index contributed by atoms with van der Waals surface area (Å²) in [5, 5.41) is 6.28. The molecule has 0 spiro atoms. The normalized spacial score (nSPS) is 27.1. The molecule has 1 saturated carbocycles. The molecule has 7 nitrogen and oxygen atoms in total. The molecule has 0 aromatic heterocycles. The Hall–Kier alpha value is -1.99. The van der Waals surface area contributed by atoms with Crippen molar-refractivity contribution in [2.24, 2.45) is 5.92 Å². The highest BCUT2D eigenvalue weighted by molar-refractivity contribution is 6.35. The predicted octanol–water partition coefficient (Wildman–Crippen LogP) is 2.80. The van der Waals surface area contributed by atoms with Gasteiger partial charge in [0.1, 0.15) is 5.54 Å². The molecule has 2 heterocycles. The van der Waals surface area contributed by atoms with Crippen molar-refractivity contribution in [2.75, 3.05) is 24.5 Å². The lowest BCUT2D eigenvalue weighted by Crippen LogP contribution is -2.54. The second-order valence-corrected chi connectivity index (χ2v) is 9.04. The molecule has 4 rings (SSSR count). The van der Waals surface area contributed by atoms with Crippen LogP contribution in [0.1, 0.15) is 32.6 Å². The summed E-state index contributed by atoms with van der Waals surface area (Å²) in [5.41, 5.74) is 0.0256. The van der Waals surface area contributed by atoms with Crippen molar-refractivity contribution in [1.82, 2.24) is 15.5 Å². The monoisotopic (exact) mass is 438 g/mol. The number of carbonyl (C=O) groups is 3. The van der Waals surface area contributed by atoms with Crippen molar-refractivity contribution in [3.63, 3.8) is 0 Å². The Bertz CT molecular complexity index is 840. The molecular weight excluding hydrogens is 415 g/mol. The third-order valence-corrected chi connectivity index (χ3v) is 6.57. The number of hydrogen-bond acceptors (Lipinski definition) is 4. The Kier molecular flexibility index (Phi) is 5.38. The first-order chi connectivity index (χ1) is 13.8. The van der Waals surface area contributed by atoms with Crippen LogP contribution in [0, 0.1) is 5.92 Å². The Balaban J connectivity index is 1.37. The molecule has 2 saturated heterocycles. The first kappa shape index (κ1) is 20.3. The van der Waals surface area contributed by atoms with Gasteiger partial charge in [-0.2, -0.15) is 0 Å². The number of benzene rings is 1. The van der Waals surface area contributed by atoms with Crippen LogP contribution in [-0.4, -0.2) is 54.0 Å². The fraction of sp³-hybridized carbons (Fsp3) is 0.550. The lowest BCUT2D eigenvalue weighted by Gasteiger charge is -2.41. The van der Waals surface area contributed by atoms with Crippen molar-refractivity contribution in [3.05, 3.63) is 28.2 Å². The largest absolute Gasteiger partial charge is 0.365 e. The van der Waals surface area contributed by atoms with Gasteiger partial charge in [-0.05, 0) is 50.3 Å². The van der Waals surface area contributed by atoms with E-state index < -0.39 is 11.6 Å². The number of rotatable bonds is 5. The van der Waals surface area contributed by atoms with Crippen molar-refractivity contribution < 1.29 is 14.4 Å². The third kappa shape index (κ3) is 4.03. The molecule has 1 aliphatic carbocycles. The number of piperazine rings is 1. The zero-order valence-electron chi connectivity index (χ0n) is 16.2. The van der Waals surface area contributed by atoms with E-state index >= 15 is 0 Å². The van der Waals surface area contributed by atoms with E-state index in [0.717, 1.165) is 18.5 Å². The average molecular weight is 439 g/mol. The molecule has 3 fully saturated rings. The van der Waals surface area contributed by atoms with E-state index in [9.17, 15) is 14.4 Å². The van der Waals surface area contributed by atoms with Gasteiger partial charge in [0, 0.05) is 47.8 Å². The fourth-order valence-corrected chi connectivity index (χ4v) is 5.00. The van der Waals surface area contributed by atoms with E-state index in [2.05, 4.69) is 22.5 Å². The van der Waals surface area contributed by atoms with E-state index in [1.165, 1.54) is 0 Å². The zero-order valence-corrected chi connectivity index (χ0v) is 17.7. The number of amides is 4. The third-order valence-electron chi connectivity index (χ3n) is 6.14. The van der Waals surface area contributed by atoms with Gasteiger partial charge in [0.25, 0.3) is 5.91 Å². The summed E-state index contributed by atoms with van der Waals surface area (Å²) < 4.78 is 0. The first-order valence-corrected chi connectivity index (χ1v) is 10.7. The number of halogens is 2. The lowest BCUT2D eigenvalue weighted by atomic mass is 9.87. The van der Waals surface area contributed by atoms with Crippen molar-refractivity contribution in [2.45, 2.75) is 44.2 Å². The highest BCUT2D eigenvalue weighted by atomic mass is 35.5. The van der Waals surface area contributed by atoms with Crippen LogP contribution in [0.2, 0.25) is 10.0 Å². The minimum Gasteiger partial charge on any atom is -0.365 e. The summed E-state index contributed by atoms with van der Waals surface area (Å²) in [6, 6.07) is 5.10. The van der Waals surface area contributed by atoms with E-state index in [-0.39, 0.29) is 30.2 Å². The molecule has 4 amide bonds. The Morgan fingerprint density at radius 3 is 2.41 bits per heavy atom. The molecule has 0 bridgehead atoms. The van der Waals surface area contributed by atoms with Crippen LogP contribution in [-0.2, 0) is 9.59 Å². The first-order valence-electron chi connectivity index (χ1n) is 9.92. The number of nitrogens with zero attached hydrogens (tertiary/aromatic N) is 2. The number of carbonyl (C=O) groups excluding carboxylic acids is 3. The molecule has 156 valence electrons. The van der Waals surface area contributed by atoms with Gasteiger partial charge >= 0.3 is 6.03 Å². The van der Waals surface area contributed by atoms with Gasteiger partial charge in [-0.15, -0.1) is 0 Å². The maximum atomic E-state index is 12.8. The minimum absolute atomic E-state index is 0.00889. The van der Waals surface area contributed by atoms with Gasteiger partial charge in [0.15, 0.2) is 0 Å². The van der Waals surface area contributed by atoms with E-state index in [4.69, 9.17) is 23.2 Å². The summed E-state index contributed by atoms with van der Waals surface area (Å²) in [6.07, 6.45) is 2.38. The summed E-state index contributed by atoms with van der Waals surface area (Å²) in [5.74, 6) is -0.159. The van der Waals surface area contributed by atoms with E-state index in [0.29, 0.717) is 36.1 Å². The molecule has 29 heavy (non-hydrogen) atoms. The van der Waals surface area contributed by atoms with Gasteiger partial charge < -0.3 is 15.1 Å². The Morgan fingerprint density at radius 1 is 1.17 bits per heavy atom. The summed E-state index contributed by atoms with van der Waals surface area (Å²) in [4.78, 5) is 40.9. The summed E-state index contributed by atoms with van der Waals surface area (Å²) in [6.45, 7) is 3.90. The van der Waals surface area contributed by atoms with Crippen LogP contribution in [0.25, 0.3) is 0 Å². The molecule has 1 aromatic carbocycles. The van der Waals surface area contributed by atoms with Gasteiger partial charge in [-0.25, -0.2) is 4.79 Å². The van der Waals surface area contributed by atoms with Gasteiger partial charge in [-0.1, -0.05) is 23.2 Å². The molecule has 2 aliphatic heterocycles. The van der Waals surface area contributed by atoms with Crippen molar-refractivity contribution in [1.29, 1.82) is 0 Å². The van der Waals surface area contributed by atoms with Gasteiger partial charge in [0.2, 0.25) is 5.91 Å². The second-order valence-electron chi connectivity index (χ2n) is 8.16. The molecular formula is C20H24Cl2N4O3. The fourth-order valence-electron chi connectivity index (χ4n) is 4.48. The maximum absolute atomic E-state index is 12.8. The number of anilines is 1. The van der Waals surface area contributed by atoms with Crippen LogP contribution >= 0.6 is 23.2 Å². The zero-order chi connectivity index (χ0) is 20.8. The number of hydrogen-bond donors (Lipinski definition) is 2. The van der Waals surface area contributed by atoms with Gasteiger partial charge in [-0.3, -0.25) is 14.9 Å². The van der Waals surface area contributed by atoms with E-state index in [1.54, 1.807) is 6.07 Å². The van der Waals surface area contributed by atoms with Gasteiger partial charge in [0.05, 0.1) is 0 Å². The predicted molar refractivity (Wildman–Crippen MR) is 111 cm³/mol. The van der Waals surface area contributed by atoms with Crippen molar-refractivity contribution >= 4 is 46.7 Å². The standard InChI is InChI=1S/C20H24Cl2N4O3/c1-12-11-25(6-7-26(12)16-9-14(21)8-15(22)10-16)17(27)4-5-20(13-2-3-13)18(28)23-19(29)24-20/h8-10,12-13H,2-7,11H2,1H3,(H2,23,24,28,29)/t12-,20-/m0/s1. The maximum Gasteiger partial charge on any atom is 0.322 e. The second kappa shape index (κ2) is 7.69. The molecule has 2 N–H and O–H groups in total. The highest BCUT2D eigenvalue weighted by Crippen LogP contribution is 2.43. The molecule has 3 aliphatic rings. The summed E-state index contributed by atoms with van der Waals surface area (Å²) >= 11 is 12.3. The Morgan fingerprint density at radius 2 is 1.86 bits per heavy atom. The molecule has 1 aromatic rings. The van der Waals surface area contributed by atoms with Crippen LogP contribution in [0.15, 0.2) is 18.2 Å². The topological polar surface area (TPSA) is 81.8 Å². The Labute approximate surface area is 179 Å². The molecule has 0 unspecified atom stereocenters. The van der Waals surface area contributed by atoms with Crippen LogP contribution < -0.4 is 15.5 Å². The lowest BCUT2D eigenvalue weighted by molar-refractivity contribution is -0.133. The smallest absolute Gasteiger partial charge is 0.322 e. The molecule has 0 radical (unpaired) electrons. The average Bonchev–Trinajstić information content (AvgIpc) is 3.45. The van der Waals surface area contributed by atoms with Crippen LogP contribution in [0.4, 0.5) is 10.5 Å². The number of nitrogens with one attached hydrogen (secondary N) is 2. The molecule has 9 heteroatoms. The van der Waals surface area contributed by atoms with Crippen molar-refractivity contribution in [3.8, 4) is 0 Å². The molecule has 2 atom stereocenters. The van der Waals surface area contributed by atoms with E-state index in [1.807, 2.05) is 17.0 Å². The van der Waals surface area contributed by atoms with Crippen LogP contribution in [0.5, 0.6) is 0 Å². The minimum atomic E-state index is -0.919.